The molecule has 0 bridgehead atoms. The predicted molar refractivity (Wildman–Crippen MR) is 105 cm³/mol. The maximum Gasteiger partial charge on any atom is 0.310 e. The third-order valence-corrected chi connectivity index (χ3v) is 4.44. The van der Waals surface area contributed by atoms with Crippen molar-refractivity contribution in [2.24, 2.45) is 11.8 Å². The molecule has 6 heteroatoms. The lowest BCUT2D eigenvalue weighted by Crippen LogP contribution is -2.17. The van der Waals surface area contributed by atoms with Gasteiger partial charge in [-0.15, -0.1) is 0 Å². The number of ether oxygens (including phenoxy) is 2. The van der Waals surface area contributed by atoms with E-state index in [0.29, 0.717) is 11.5 Å². The summed E-state index contributed by atoms with van der Waals surface area (Å²) in [7, 11) is 3.12. The number of carboxylic acid groups (broad SMARTS) is 2. The SMILES string of the molecule is COc1ccc(C[C@H](/C=C/[C@@H](Cc2ccc(OC)cc2)C(=O)O)C(=O)O)cc1. The molecule has 148 valence electrons. The molecule has 0 amide bonds. The van der Waals surface area contributed by atoms with Gasteiger partial charge in [0.25, 0.3) is 0 Å². The summed E-state index contributed by atoms with van der Waals surface area (Å²) in [6.45, 7) is 0. The summed E-state index contributed by atoms with van der Waals surface area (Å²) in [5.41, 5.74) is 1.67. The van der Waals surface area contributed by atoms with Crippen molar-refractivity contribution in [1.82, 2.24) is 0 Å². The highest BCUT2D eigenvalue weighted by Gasteiger charge is 2.19. The summed E-state index contributed by atoms with van der Waals surface area (Å²) >= 11 is 0. The molecule has 0 aliphatic heterocycles. The van der Waals surface area contributed by atoms with Crippen LogP contribution < -0.4 is 9.47 Å². The second kappa shape index (κ2) is 10.2. The van der Waals surface area contributed by atoms with E-state index in [9.17, 15) is 19.8 Å². The number of carbonyl (C=O) groups is 2. The van der Waals surface area contributed by atoms with Crippen molar-refractivity contribution in [2.75, 3.05) is 14.2 Å². The Hall–Kier alpha value is -3.28. The van der Waals surface area contributed by atoms with Crippen LogP contribution >= 0.6 is 0 Å². The predicted octanol–water partition coefficient (Wildman–Crippen LogP) is 3.45. The first-order chi connectivity index (χ1) is 13.4. The molecule has 0 fully saturated rings. The molecule has 0 spiro atoms. The third kappa shape index (κ3) is 6.16. The lowest BCUT2D eigenvalue weighted by Gasteiger charge is -2.12. The van der Waals surface area contributed by atoms with Gasteiger partial charge in [-0.3, -0.25) is 9.59 Å². The molecule has 0 heterocycles. The Morgan fingerprint density at radius 3 is 1.32 bits per heavy atom. The van der Waals surface area contributed by atoms with Gasteiger partial charge in [0, 0.05) is 0 Å². The third-order valence-electron chi connectivity index (χ3n) is 4.44. The van der Waals surface area contributed by atoms with Gasteiger partial charge in [0.05, 0.1) is 26.1 Å². The molecule has 2 N–H and O–H groups in total. The first-order valence-corrected chi connectivity index (χ1v) is 8.82. The van der Waals surface area contributed by atoms with E-state index in [1.807, 2.05) is 0 Å². The number of hydrogen-bond donors (Lipinski definition) is 2. The Balaban J connectivity index is 2.09. The van der Waals surface area contributed by atoms with Crippen LogP contribution in [0.2, 0.25) is 0 Å². The normalized spacial score (nSPS) is 13.1. The minimum Gasteiger partial charge on any atom is -0.497 e. The molecule has 2 rings (SSSR count). The molecule has 2 aromatic carbocycles. The van der Waals surface area contributed by atoms with E-state index in [0.717, 1.165) is 11.1 Å². The van der Waals surface area contributed by atoms with Crippen LogP contribution in [0.15, 0.2) is 60.7 Å². The smallest absolute Gasteiger partial charge is 0.310 e. The second-order valence-corrected chi connectivity index (χ2v) is 6.38. The molecule has 6 nitrogen and oxygen atoms in total. The quantitative estimate of drug-likeness (QED) is 0.610. The summed E-state index contributed by atoms with van der Waals surface area (Å²) in [5.74, 6) is -2.24. The molecule has 2 atom stereocenters. The molecule has 28 heavy (non-hydrogen) atoms. The Labute approximate surface area is 164 Å². The minimum atomic E-state index is -0.999. The highest BCUT2D eigenvalue weighted by Crippen LogP contribution is 2.19. The van der Waals surface area contributed by atoms with Crippen molar-refractivity contribution < 1.29 is 29.3 Å². The van der Waals surface area contributed by atoms with Crippen molar-refractivity contribution in [1.29, 1.82) is 0 Å². The zero-order chi connectivity index (χ0) is 20.5. The zero-order valence-corrected chi connectivity index (χ0v) is 15.9. The molecule has 2 aromatic rings. The number of benzene rings is 2. The average molecular weight is 384 g/mol. The van der Waals surface area contributed by atoms with Crippen LogP contribution in [-0.2, 0) is 22.4 Å². The molecular weight excluding hydrogens is 360 g/mol. The molecule has 0 aliphatic rings. The summed E-state index contributed by atoms with van der Waals surface area (Å²) < 4.78 is 10.2. The van der Waals surface area contributed by atoms with Crippen molar-refractivity contribution in [3.05, 3.63) is 71.8 Å². The lowest BCUT2D eigenvalue weighted by molar-refractivity contribution is -0.141. The van der Waals surface area contributed by atoms with E-state index in [4.69, 9.17) is 9.47 Å². The van der Waals surface area contributed by atoms with Crippen LogP contribution in [0.3, 0.4) is 0 Å². The van der Waals surface area contributed by atoms with E-state index in [1.165, 1.54) is 12.2 Å². The molecule has 0 unspecified atom stereocenters. The summed E-state index contributed by atoms with van der Waals surface area (Å²) in [5, 5.41) is 19.0. The highest BCUT2D eigenvalue weighted by molar-refractivity contribution is 5.75. The van der Waals surface area contributed by atoms with Crippen LogP contribution in [0, 0.1) is 11.8 Å². The standard InChI is InChI=1S/C22H24O6/c1-27-19-9-3-15(4-10-19)13-17(21(23)24)7-8-18(22(25)26)14-16-5-11-20(28-2)12-6-16/h3-12,17-18H,13-14H2,1-2H3,(H,23,24)(H,25,26)/b8-7+/t17-,18-/m0/s1. The maximum atomic E-state index is 11.6. The Morgan fingerprint density at radius 2 is 1.07 bits per heavy atom. The number of hydrogen-bond acceptors (Lipinski definition) is 4. The van der Waals surface area contributed by atoms with Gasteiger partial charge in [-0.25, -0.2) is 0 Å². The summed E-state index contributed by atoms with van der Waals surface area (Å²) in [6.07, 6.45) is 3.47. The number of aliphatic carboxylic acids is 2. The second-order valence-electron chi connectivity index (χ2n) is 6.38. The van der Waals surface area contributed by atoms with Gasteiger partial charge in [0.1, 0.15) is 11.5 Å². The van der Waals surface area contributed by atoms with Crippen molar-refractivity contribution in [3.63, 3.8) is 0 Å². The Morgan fingerprint density at radius 1 is 0.750 bits per heavy atom. The Kier molecular flexibility index (Phi) is 7.63. The molecular formula is C22H24O6. The summed E-state index contributed by atoms with van der Waals surface area (Å²) in [4.78, 5) is 23.2. The molecule has 0 aliphatic carbocycles. The van der Waals surface area contributed by atoms with Crippen molar-refractivity contribution in [3.8, 4) is 11.5 Å². The van der Waals surface area contributed by atoms with Gasteiger partial charge in [-0.2, -0.15) is 0 Å². The number of rotatable bonds is 10. The lowest BCUT2D eigenvalue weighted by atomic mass is 9.94. The number of carboxylic acids is 2. The van der Waals surface area contributed by atoms with Crippen molar-refractivity contribution >= 4 is 11.9 Å². The van der Waals surface area contributed by atoms with Gasteiger partial charge >= 0.3 is 11.9 Å². The highest BCUT2D eigenvalue weighted by atomic mass is 16.5. The van der Waals surface area contributed by atoms with Crippen LogP contribution in [0.5, 0.6) is 11.5 Å². The monoisotopic (exact) mass is 384 g/mol. The fraction of sp³-hybridized carbons (Fsp3) is 0.273. The largest absolute Gasteiger partial charge is 0.497 e. The van der Waals surface area contributed by atoms with Crippen LogP contribution in [0.1, 0.15) is 11.1 Å². The molecule has 0 aromatic heterocycles. The zero-order valence-electron chi connectivity index (χ0n) is 15.9. The van der Waals surface area contributed by atoms with E-state index in [-0.39, 0.29) is 12.8 Å². The topological polar surface area (TPSA) is 93.1 Å². The first kappa shape index (κ1) is 21.0. The van der Waals surface area contributed by atoms with Gasteiger partial charge < -0.3 is 19.7 Å². The van der Waals surface area contributed by atoms with E-state index in [2.05, 4.69) is 0 Å². The average Bonchev–Trinajstić information content (AvgIpc) is 2.70. The molecule has 0 saturated heterocycles. The van der Waals surface area contributed by atoms with Crippen LogP contribution in [-0.4, -0.2) is 36.4 Å². The van der Waals surface area contributed by atoms with E-state index >= 15 is 0 Å². The minimum absolute atomic E-state index is 0.269. The number of methoxy groups -OCH3 is 2. The van der Waals surface area contributed by atoms with Gasteiger partial charge in [0.2, 0.25) is 0 Å². The first-order valence-electron chi connectivity index (χ1n) is 8.82. The van der Waals surface area contributed by atoms with Gasteiger partial charge in [-0.1, -0.05) is 36.4 Å². The van der Waals surface area contributed by atoms with Gasteiger partial charge in [0.15, 0.2) is 0 Å². The van der Waals surface area contributed by atoms with E-state index < -0.39 is 23.8 Å². The summed E-state index contributed by atoms with van der Waals surface area (Å²) in [6, 6.07) is 14.3. The molecule has 0 saturated carbocycles. The van der Waals surface area contributed by atoms with Crippen LogP contribution in [0.25, 0.3) is 0 Å². The maximum absolute atomic E-state index is 11.6. The van der Waals surface area contributed by atoms with E-state index in [1.54, 1.807) is 62.8 Å². The fourth-order valence-corrected chi connectivity index (χ4v) is 2.77. The van der Waals surface area contributed by atoms with Gasteiger partial charge in [-0.05, 0) is 48.2 Å². The fourth-order valence-electron chi connectivity index (χ4n) is 2.77. The van der Waals surface area contributed by atoms with Crippen LogP contribution in [0.4, 0.5) is 0 Å². The molecule has 0 radical (unpaired) electrons. The van der Waals surface area contributed by atoms with Crippen molar-refractivity contribution in [2.45, 2.75) is 12.8 Å². The Bertz CT molecular complexity index is 738.